The number of benzene rings is 1. The van der Waals surface area contributed by atoms with E-state index >= 15 is 0 Å². The highest BCUT2D eigenvalue weighted by Crippen LogP contribution is 2.20. The van der Waals surface area contributed by atoms with Crippen molar-refractivity contribution < 1.29 is 32.7 Å². The number of aromatic hydroxyl groups is 1. The minimum atomic E-state index is -3.84. The molecule has 0 aliphatic carbocycles. The van der Waals surface area contributed by atoms with E-state index in [-0.39, 0.29) is 16.6 Å². The molecule has 1 heterocycles. The highest BCUT2D eigenvalue weighted by molar-refractivity contribution is 7.94. The van der Waals surface area contributed by atoms with Crippen molar-refractivity contribution in [2.45, 2.75) is 95.3 Å². The fourth-order valence-corrected chi connectivity index (χ4v) is 5.90. The zero-order chi connectivity index (χ0) is 32.9. The summed E-state index contributed by atoms with van der Waals surface area (Å²) in [6.07, 6.45) is 4.54. The third-order valence-corrected chi connectivity index (χ3v) is 8.50. The molecule has 1 aliphatic rings. The molecule has 4 atom stereocenters. The smallest absolute Gasteiger partial charge is 0.245 e. The molecule has 14 nitrogen and oxygen atoms in total. The molecule has 0 saturated carbocycles. The number of likely N-dealkylation sites (tertiary alicyclic amines) is 1. The van der Waals surface area contributed by atoms with Gasteiger partial charge in [0.15, 0.2) is 9.84 Å². The average Bonchev–Trinajstić information content (AvgIpc) is 3.46. The predicted molar refractivity (Wildman–Crippen MR) is 164 cm³/mol. The standard InChI is InChI=1S/C29H43N7O7S/c1-5-6-8-24(34-28(40)25-9-7-15-36(25)29(41)20(4)32-26(38)18-31-35-30)27(39)33-21(17-19(2)3)14-16-44(42,43)23-12-10-22(37)11-13-23/h10-14,16,19-21,24-25,37H,5-9,15,17-18H2,1-4H3,(H,32,38)(H,33,39)(H,34,40)/b16-14+/t20-,21+,24-,25-/m0/s1. The molecule has 0 radical (unpaired) electrons. The molecule has 1 aliphatic heterocycles. The molecule has 2 rings (SSSR count). The lowest BCUT2D eigenvalue weighted by atomic mass is 10.0. The van der Waals surface area contributed by atoms with Gasteiger partial charge in [-0.3, -0.25) is 19.2 Å². The average molecular weight is 634 g/mol. The maximum Gasteiger partial charge on any atom is 0.245 e. The van der Waals surface area contributed by atoms with Gasteiger partial charge in [-0.1, -0.05) is 44.8 Å². The van der Waals surface area contributed by atoms with Crippen LogP contribution in [-0.2, 0) is 29.0 Å². The molecule has 4 amide bonds. The number of nitrogens with one attached hydrogen (secondary N) is 3. The summed E-state index contributed by atoms with van der Waals surface area (Å²) in [5.41, 5.74) is 8.38. The number of nitrogens with zero attached hydrogens (tertiary/aromatic N) is 4. The van der Waals surface area contributed by atoms with E-state index in [0.29, 0.717) is 38.6 Å². The Morgan fingerprint density at radius 2 is 1.82 bits per heavy atom. The number of azide groups is 1. The van der Waals surface area contributed by atoms with Crippen molar-refractivity contribution in [1.82, 2.24) is 20.9 Å². The Labute approximate surface area is 258 Å². The topological polar surface area (TPSA) is 211 Å². The van der Waals surface area contributed by atoms with Gasteiger partial charge in [-0.05, 0) is 68.3 Å². The van der Waals surface area contributed by atoms with Crippen LogP contribution in [0, 0.1) is 5.92 Å². The van der Waals surface area contributed by atoms with Crippen LogP contribution >= 0.6 is 0 Å². The van der Waals surface area contributed by atoms with Crippen LogP contribution in [0.2, 0.25) is 0 Å². The molecule has 0 bridgehead atoms. The second kappa shape index (κ2) is 17.3. The maximum absolute atomic E-state index is 13.5. The first-order valence-corrected chi connectivity index (χ1v) is 16.3. The van der Waals surface area contributed by atoms with E-state index in [0.717, 1.165) is 11.8 Å². The van der Waals surface area contributed by atoms with Gasteiger partial charge in [0.25, 0.3) is 0 Å². The number of hydrogen-bond donors (Lipinski definition) is 4. The van der Waals surface area contributed by atoms with Crippen LogP contribution in [0.4, 0.5) is 0 Å². The lowest BCUT2D eigenvalue weighted by Gasteiger charge is -2.29. The second-order valence-electron chi connectivity index (χ2n) is 11.2. The first kappa shape index (κ1) is 36.1. The molecule has 15 heteroatoms. The third kappa shape index (κ3) is 11.2. The molecule has 0 aromatic heterocycles. The van der Waals surface area contributed by atoms with E-state index < -0.39 is 64.2 Å². The molecule has 242 valence electrons. The molecule has 44 heavy (non-hydrogen) atoms. The van der Waals surface area contributed by atoms with Crippen molar-refractivity contribution in [1.29, 1.82) is 0 Å². The number of unbranched alkanes of at least 4 members (excludes halogenated alkanes) is 1. The van der Waals surface area contributed by atoms with Crippen LogP contribution in [-0.4, -0.2) is 79.3 Å². The summed E-state index contributed by atoms with van der Waals surface area (Å²) in [6, 6.07) is 1.77. The SMILES string of the molecule is CCCC[C@H](NC(=O)[C@@H]1CCCN1C(=O)[C@H](C)NC(=O)CN=[N+]=[N-])C(=O)N[C@H](/C=C/S(=O)(=O)c1ccc(O)cc1)CC(C)C. The van der Waals surface area contributed by atoms with Gasteiger partial charge in [0.2, 0.25) is 23.6 Å². The van der Waals surface area contributed by atoms with Crippen molar-refractivity contribution >= 4 is 33.5 Å². The number of hydrogen-bond acceptors (Lipinski definition) is 8. The van der Waals surface area contributed by atoms with Crippen molar-refractivity contribution in [2.75, 3.05) is 13.1 Å². The van der Waals surface area contributed by atoms with E-state index in [1.54, 1.807) is 0 Å². The fourth-order valence-electron chi connectivity index (χ4n) is 4.83. The summed E-state index contributed by atoms with van der Waals surface area (Å²) in [5, 5.41) is 21.8. The zero-order valence-corrected chi connectivity index (χ0v) is 26.4. The molecular formula is C29H43N7O7S. The van der Waals surface area contributed by atoms with E-state index in [4.69, 9.17) is 5.53 Å². The summed E-state index contributed by atoms with van der Waals surface area (Å²) >= 11 is 0. The largest absolute Gasteiger partial charge is 0.508 e. The Hall–Kier alpha value is -4.10. The minimum absolute atomic E-state index is 0.00511. The monoisotopic (exact) mass is 633 g/mol. The number of carbonyl (C=O) groups excluding carboxylic acids is 4. The zero-order valence-electron chi connectivity index (χ0n) is 25.6. The molecule has 4 N–H and O–H groups in total. The summed E-state index contributed by atoms with van der Waals surface area (Å²) in [7, 11) is -3.84. The lowest BCUT2D eigenvalue weighted by Crippen LogP contribution is -2.56. The highest BCUT2D eigenvalue weighted by atomic mass is 32.2. The number of phenols is 1. The molecular weight excluding hydrogens is 590 g/mol. The van der Waals surface area contributed by atoms with Gasteiger partial charge in [0, 0.05) is 22.9 Å². The third-order valence-electron chi connectivity index (χ3n) is 7.05. The van der Waals surface area contributed by atoms with Crippen LogP contribution in [0.5, 0.6) is 5.75 Å². The number of sulfone groups is 1. The van der Waals surface area contributed by atoms with E-state index in [1.165, 1.54) is 42.2 Å². The van der Waals surface area contributed by atoms with Gasteiger partial charge in [-0.25, -0.2) is 8.42 Å². The maximum atomic E-state index is 13.5. The van der Waals surface area contributed by atoms with Gasteiger partial charge in [-0.15, -0.1) is 0 Å². The minimum Gasteiger partial charge on any atom is -0.508 e. The van der Waals surface area contributed by atoms with Crippen molar-refractivity contribution in [3.05, 3.63) is 46.2 Å². The highest BCUT2D eigenvalue weighted by Gasteiger charge is 2.37. The van der Waals surface area contributed by atoms with Gasteiger partial charge in [0.1, 0.15) is 30.4 Å². The summed E-state index contributed by atoms with van der Waals surface area (Å²) in [4.78, 5) is 55.7. The molecule has 1 saturated heterocycles. The fraction of sp³-hybridized carbons (Fsp3) is 0.586. The van der Waals surface area contributed by atoms with Crippen molar-refractivity contribution in [3.63, 3.8) is 0 Å². The van der Waals surface area contributed by atoms with Gasteiger partial charge >= 0.3 is 0 Å². The first-order valence-electron chi connectivity index (χ1n) is 14.7. The Morgan fingerprint density at radius 1 is 1.14 bits per heavy atom. The van der Waals surface area contributed by atoms with Crippen LogP contribution in [0.1, 0.15) is 66.2 Å². The lowest BCUT2D eigenvalue weighted by molar-refractivity contribution is -0.141. The van der Waals surface area contributed by atoms with E-state index in [2.05, 4.69) is 26.0 Å². The van der Waals surface area contributed by atoms with Crippen LogP contribution in [0.25, 0.3) is 10.4 Å². The molecule has 1 aromatic rings. The van der Waals surface area contributed by atoms with Gasteiger partial charge in [-0.2, -0.15) is 0 Å². The quantitative estimate of drug-likeness (QED) is 0.121. The van der Waals surface area contributed by atoms with Crippen LogP contribution in [0.3, 0.4) is 0 Å². The van der Waals surface area contributed by atoms with Crippen molar-refractivity contribution in [3.8, 4) is 5.75 Å². The Balaban J connectivity index is 2.16. The molecule has 1 fully saturated rings. The molecule has 0 unspecified atom stereocenters. The Kier molecular flexibility index (Phi) is 14.2. The van der Waals surface area contributed by atoms with Crippen LogP contribution in [0.15, 0.2) is 45.8 Å². The van der Waals surface area contributed by atoms with E-state index in [9.17, 15) is 32.7 Å². The Bertz CT molecular complexity index is 1340. The Morgan fingerprint density at radius 3 is 2.43 bits per heavy atom. The summed E-state index contributed by atoms with van der Waals surface area (Å²) in [6.45, 7) is 7.14. The van der Waals surface area contributed by atoms with Crippen LogP contribution < -0.4 is 16.0 Å². The van der Waals surface area contributed by atoms with Crippen molar-refractivity contribution in [2.24, 2.45) is 11.0 Å². The summed E-state index contributed by atoms with van der Waals surface area (Å²) in [5.74, 6) is -2.02. The number of amides is 4. The molecule has 0 spiro atoms. The molecule has 1 aromatic carbocycles. The first-order chi connectivity index (χ1) is 20.8. The predicted octanol–water partition coefficient (Wildman–Crippen LogP) is 2.69. The van der Waals surface area contributed by atoms with Gasteiger partial charge in [0.05, 0.1) is 4.90 Å². The van der Waals surface area contributed by atoms with E-state index in [1.807, 2.05) is 20.8 Å². The normalized spacial score (nSPS) is 17.0. The van der Waals surface area contributed by atoms with Gasteiger partial charge < -0.3 is 26.0 Å². The number of phenolic OH excluding ortho intramolecular Hbond substituents is 1. The number of rotatable bonds is 16. The second-order valence-corrected chi connectivity index (χ2v) is 13.0. The number of carbonyl (C=O) groups is 4. The summed E-state index contributed by atoms with van der Waals surface area (Å²) < 4.78 is 25.6.